The molecule has 1 rings (SSSR count). The quantitative estimate of drug-likeness (QED) is 0.658. The van der Waals surface area contributed by atoms with Gasteiger partial charge in [-0.25, -0.2) is 4.39 Å². The molecule has 0 fully saturated rings. The smallest absolute Gasteiger partial charge is 0.136 e. The van der Waals surface area contributed by atoms with Crippen LogP contribution >= 0.6 is 11.8 Å². The number of thioether (sulfide) groups is 1. The van der Waals surface area contributed by atoms with Crippen LogP contribution in [0.3, 0.4) is 0 Å². The first-order chi connectivity index (χ1) is 9.13. The van der Waals surface area contributed by atoms with E-state index in [4.69, 9.17) is 0 Å². The molecule has 19 heavy (non-hydrogen) atoms. The molecule has 0 aromatic heterocycles. The molecule has 1 unspecified atom stereocenters. The van der Waals surface area contributed by atoms with Gasteiger partial charge >= 0.3 is 0 Å². The minimum absolute atomic E-state index is 0.107. The zero-order chi connectivity index (χ0) is 14.1. The summed E-state index contributed by atoms with van der Waals surface area (Å²) in [6, 6.07) is 7.50. The van der Waals surface area contributed by atoms with E-state index in [1.165, 1.54) is 25.3 Å². The van der Waals surface area contributed by atoms with Gasteiger partial charge in [0.05, 0.1) is 0 Å². The van der Waals surface area contributed by atoms with Crippen molar-refractivity contribution >= 4 is 11.8 Å². The molecule has 0 aliphatic carbocycles. The van der Waals surface area contributed by atoms with Crippen molar-refractivity contribution in [3.05, 3.63) is 30.1 Å². The number of hydrogen-bond acceptors (Lipinski definition) is 2. The van der Waals surface area contributed by atoms with Gasteiger partial charge in [0.25, 0.3) is 0 Å². The molecule has 0 aliphatic rings. The van der Waals surface area contributed by atoms with E-state index in [0.29, 0.717) is 6.04 Å². The molecule has 0 bridgehead atoms. The molecule has 108 valence electrons. The van der Waals surface area contributed by atoms with Gasteiger partial charge in [0, 0.05) is 16.7 Å². The number of hydrogen-bond donors (Lipinski definition) is 1. The average Bonchev–Trinajstić information content (AvgIpc) is 2.37. The predicted molar refractivity (Wildman–Crippen MR) is 83.3 cm³/mol. The van der Waals surface area contributed by atoms with E-state index < -0.39 is 0 Å². The topological polar surface area (TPSA) is 12.0 Å². The Kier molecular flexibility index (Phi) is 8.15. The summed E-state index contributed by atoms with van der Waals surface area (Å²) in [5, 5.41) is 3.50. The summed E-state index contributed by atoms with van der Waals surface area (Å²) < 4.78 is 13.5. The molecule has 0 saturated heterocycles. The van der Waals surface area contributed by atoms with E-state index in [1.54, 1.807) is 17.8 Å². The van der Waals surface area contributed by atoms with E-state index in [2.05, 4.69) is 26.1 Å². The Hall–Kier alpha value is -0.540. The van der Waals surface area contributed by atoms with Crippen LogP contribution in [0.2, 0.25) is 0 Å². The Morgan fingerprint density at radius 1 is 1.21 bits per heavy atom. The molecule has 1 aromatic rings. The molecule has 0 saturated carbocycles. The lowest BCUT2D eigenvalue weighted by Gasteiger charge is -2.18. The molecule has 0 amide bonds. The fraction of sp³-hybridized carbons (Fsp3) is 0.625. The third-order valence-electron chi connectivity index (χ3n) is 3.10. The Balaban J connectivity index is 2.38. The standard InChI is InChI=1S/C16H26FNS/c1-4-18-14(9-7-8-13(2)3)12-19-16-11-6-5-10-15(16)17/h5-6,10-11,13-14,18H,4,7-9,12H2,1-3H3. The van der Waals surface area contributed by atoms with Gasteiger partial charge in [-0.15, -0.1) is 11.8 Å². The summed E-state index contributed by atoms with van der Waals surface area (Å²) in [5.74, 6) is 1.60. The molecule has 1 aromatic carbocycles. The Morgan fingerprint density at radius 2 is 1.95 bits per heavy atom. The minimum Gasteiger partial charge on any atom is -0.313 e. The van der Waals surface area contributed by atoms with Crippen LogP contribution < -0.4 is 5.32 Å². The van der Waals surface area contributed by atoms with Crippen LogP contribution in [-0.2, 0) is 0 Å². The Labute approximate surface area is 121 Å². The summed E-state index contributed by atoms with van der Waals surface area (Å²) >= 11 is 1.62. The molecule has 1 atom stereocenters. The Morgan fingerprint density at radius 3 is 2.58 bits per heavy atom. The van der Waals surface area contributed by atoms with Gasteiger partial charge in [0.1, 0.15) is 5.82 Å². The molecule has 0 radical (unpaired) electrons. The number of nitrogens with one attached hydrogen (secondary N) is 1. The molecule has 1 N–H and O–H groups in total. The first-order valence-electron chi connectivity index (χ1n) is 7.24. The Bertz CT molecular complexity index is 354. The molecule has 0 aliphatic heterocycles. The fourth-order valence-corrected chi connectivity index (χ4v) is 3.10. The van der Waals surface area contributed by atoms with E-state index in [9.17, 15) is 4.39 Å². The normalized spacial score (nSPS) is 12.9. The molecule has 0 heterocycles. The summed E-state index contributed by atoms with van der Waals surface area (Å²) in [4.78, 5) is 0.759. The lowest BCUT2D eigenvalue weighted by Crippen LogP contribution is -2.31. The van der Waals surface area contributed by atoms with Crippen molar-refractivity contribution in [2.75, 3.05) is 12.3 Å². The van der Waals surface area contributed by atoms with Crippen LogP contribution in [0.15, 0.2) is 29.2 Å². The van der Waals surface area contributed by atoms with Gasteiger partial charge in [0.15, 0.2) is 0 Å². The van der Waals surface area contributed by atoms with Crippen LogP contribution in [0.1, 0.15) is 40.0 Å². The predicted octanol–water partition coefficient (Wildman–Crippen LogP) is 4.72. The molecule has 3 heteroatoms. The summed E-state index contributed by atoms with van der Waals surface area (Å²) in [7, 11) is 0. The summed E-state index contributed by atoms with van der Waals surface area (Å²) in [6.07, 6.45) is 3.69. The van der Waals surface area contributed by atoms with Crippen molar-refractivity contribution in [1.29, 1.82) is 0 Å². The maximum absolute atomic E-state index is 13.5. The maximum atomic E-state index is 13.5. The number of benzene rings is 1. The van der Waals surface area contributed by atoms with E-state index >= 15 is 0 Å². The van der Waals surface area contributed by atoms with Crippen LogP contribution in [0.5, 0.6) is 0 Å². The van der Waals surface area contributed by atoms with Gasteiger partial charge in [-0.3, -0.25) is 0 Å². The first kappa shape index (κ1) is 16.5. The lowest BCUT2D eigenvalue weighted by molar-refractivity contribution is 0.469. The molecular weight excluding hydrogens is 257 g/mol. The monoisotopic (exact) mass is 283 g/mol. The summed E-state index contributed by atoms with van der Waals surface area (Å²) in [6.45, 7) is 7.63. The molecule has 0 spiro atoms. The van der Waals surface area contributed by atoms with E-state index in [-0.39, 0.29) is 5.82 Å². The zero-order valence-corrected chi connectivity index (χ0v) is 13.1. The number of halogens is 1. The van der Waals surface area contributed by atoms with Crippen molar-refractivity contribution in [2.45, 2.75) is 51.0 Å². The SMILES string of the molecule is CCNC(CCCC(C)C)CSc1ccccc1F. The summed E-state index contributed by atoms with van der Waals surface area (Å²) in [5.41, 5.74) is 0. The second-order valence-corrected chi connectivity index (χ2v) is 6.38. The second-order valence-electron chi connectivity index (χ2n) is 5.32. The van der Waals surface area contributed by atoms with Crippen LogP contribution in [0.4, 0.5) is 4.39 Å². The first-order valence-corrected chi connectivity index (χ1v) is 8.22. The van der Waals surface area contributed by atoms with E-state index in [0.717, 1.165) is 23.1 Å². The van der Waals surface area contributed by atoms with E-state index in [1.807, 2.05) is 12.1 Å². The van der Waals surface area contributed by atoms with Gasteiger partial charge < -0.3 is 5.32 Å². The van der Waals surface area contributed by atoms with Crippen LogP contribution in [0.25, 0.3) is 0 Å². The molecular formula is C16H26FNS. The van der Waals surface area contributed by atoms with Gasteiger partial charge in [-0.1, -0.05) is 45.7 Å². The largest absolute Gasteiger partial charge is 0.313 e. The highest BCUT2D eigenvalue weighted by molar-refractivity contribution is 7.99. The lowest BCUT2D eigenvalue weighted by atomic mass is 10.0. The third kappa shape index (κ3) is 6.98. The van der Waals surface area contributed by atoms with Crippen molar-refractivity contribution in [2.24, 2.45) is 5.92 Å². The van der Waals surface area contributed by atoms with Gasteiger partial charge in [0.2, 0.25) is 0 Å². The third-order valence-corrected chi connectivity index (χ3v) is 4.31. The van der Waals surface area contributed by atoms with Crippen LogP contribution in [-0.4, -0.2) is 18.3 Å². The van der Waals surface area contributed by atoms with Gasteiger partial charge in [-0.2, -0.15) is 0 Å². The highest BCUT2D eigenvalue weighted by atomic mass is 32.2. The van der Waals surface area contributed by atoms with Crippen molar-refractivity contribution < 1.29 is 4.39 Å². The van der Waals surface area contributed by atoms with Crippen molar-refractivity contribution in [1.82, 2.24) is 5.32 Å². The van der Waals surface area contributed by atoms with Crippen LogP contribution in [0, 0.1) is 11.7 Å². The zero-order valence-electron chi connectivity index (χ0n) is 12.3. The fourth-order valence-electron chi connectivity index (χ4n) is 2.06. The average molecular weight is 283 g/mol. The number of rotatable bonds is 9. The maximum Gasteiger partial charge on any atom is 0.136 e. The highest BCUT2D eigenvalue weighted by Gasteiger charge is 2.10. The highest BCUT2D eigenvalue weighted by Crippen LogP contribution is 2.23. The van der Waals surface area contributed by atoms with Gasteiger partial charge in [-0.05, 0) is 31.0 Å². The molecule has 1 nitrogen and oxygen atoms in total. The minimum atomic E-state index is -0.107. The van der Waals surface area contributed by atoms with Crippen molar-refractivity contribution in [3.63, 3.8) is 0 Å². The second kappa shape index (κ2) is 9.38. The van der Waals surface area contributed by atoms with Crippen molar-refractivity contribution in [3.8, 4) is 0 Å².